The van der Waals surface area contributed by atoms with E-state index in [1.54, 1.807) is 19.2 Å². The summed E-state index contributed by atoms with van der Waals surface area (Å²) in [6, 6.07) is 9.56. The van der Waals surface area contributed by atoms with Crippen molar-refractivity contribution >= 4 is 5.91 Å². The van der Waals surface area contributed by atoms with Crippen molar-refractivity contribution in [3.63, 3.8) is 0 Å². The SMILES string of the molecule is CC[C@H](O)C(=O)NCc1cccnc1Oc1c(C)cccc1C. The summed E-state index contributed by atoms with van der Waals surface area (Å²) in [6.07, 6.45) is 1.04. The van der Waals surface area contributed by atoms with Crippen LogP contribution in [-0.2, 0) is 11.3 Å². The summed E-state index contributed by atoms with van der Waals surface area (Å²) in [7, 11) is 0. The highest BCUT2D eigenvalue weighted by molar-refractivity contribution is 5.80. The molecule has 5 heteroatoms. The maximum absolute atomic E-state index is 11.7. The molecule has 0 radical (unpaired) electrons. The van der Waals surface area contributed by atoms with Gasteiger partial charge in [-0.3, -0.25) is 4.79 Å². The number of ether oxygens (including phenoxy) is 1. The number of hydrogen-bond donors (Lipinski definition) is 2. The van der Waals surface area contributed by atoms with E-state index in [9.17, 15) is 9.90 Å². The molecule has 1 heterocycles. The molecule has 0 aliphatic carbocycles. The van der Waals surface area contributed by atoms with Gasteiger partial charge in [0.2, 0.25) is 11.8 Å². The topological polar surface area (TPSA) is 71.5 Å². The number of nitrogens with one attached hydrogen (secondary N) is 1. The molecule has 1 aromatic heterocycles. The van der Waals surface area contributed by atoms with Gasteiger partial charge in [0, 0.05) is 18.3 Å². The van der Waals surface area contributed by atoms with Crippen LogP contribution in [-0.4, -0.2) is 22.1 Å². The molecular weight excluding hydrogens is 292 g/mol. The summed E-state index contributed by atoms with van der Waals surface area (Å²) in [6.45, 7) is 5.96. The van der Waals surface area contributed by atoms with Gasteiger partial charge in [-0.25, -0.2) is 4.98 Å². The van der Waals surface area contributed by atoms with E-state index in [-0.39, 0.29) is 6.54 Å². The van der Waals surface area contributed by atoms with Gasteiger partial charge < -0.3 is 15.2 Å². The Labute approximate surface area is 136 Å². The first kappa shape index (κ1) is 17.0. The number of aromatic nitrogens is 1. The third kappa shape index (κ3) is 4.29. The molecule has 0 spiro atoms. The first-order valence-electron chi connectivity index (χ1n) is 7.66. The number of aliphatic hydroxyl groups is 1. The molecule has 0 saturated heterocycles. The number of nitrogens with zero attached hydrogens (tertiary/aromatic N) is 1. The van der Waals surface area contributed by atoms with Gasteiger partial charge in [0.25, 0.3) is 0 Å². The molecule has 2 N–H and O–H groups in total. The summed E-state index contributed by atoms with van der Waals surface area (Å²) >= 11 is 0. The Morgan fingerprint density at radius 3 is 2.61 bits per heavy atom. The summed E-state index contributed by atoms with van der Waals surface area (Å²) in [5, 5.41) is 12.2. The number of carbonyl (C=O) groups excluding carboxylic acids is 1. The van der Waals surface area contributed by atoms with Gasteiger partial charge in [0.05, 0.1) is 0 Å². The highest BCUT2D eigenvalue weighted by Gasteiger charge is 2.14. The van der Waals surface area contributed by atoms with Gasteiger partial charge in [-0.15, -0.1) is 0 Å². The van der Waals surface area contributed by atoms with E-state index >= 15 is 0 Å². The number of aryl methyl sites for hydroxylation is 2. The zero-order valence-electron chi connectivity index (χ0n) is 13.7. The minimum absolute atomic E-state index is 0.254. The van der Waals surface area contributed by atoms with E-state index in [1.807, 2.05) is 38.1 Å². The molecule has 1 atom stereocenters. The second kappa shape index (κ2) is 7.74. The molecule has 5 nitrogen and oxygen atoms in total. The summed E-state index contributed by atoms with van der Waals surface area (Å²) in [5.74, 6) is 0.831. The van der Waals surface area contributed by atoms with Crippen LogP contribution in [0.1, 0.15) is 30.0 Å². The van der Waals surface area contributed by atoms with Crippen molar-refractivity contribution in [1.29, 1.82) is 0 Å². The first-order valence-corrected chi connectivity index (χ1v) is 7.66. The number of pyridine rings is 1. The van der Waals surface area contributed by atoms with Crippen LogP contribution in [0.25, 0.3) is 0 Å². The van der Waals surface area contributed by atoms with E-state index < -0.39 is 12.0 Å². The van der Waals surface area contributed by atoms with Crippen molar-refractivity contribution < 1.29 is 14.6 Å². The molecular formula is C18H22N2O3. The molecule has 0 aliphatic heterocycles. The summed E-state index contributed by atoms with van der Waals surface area (Å²) in [5.41, 5.74) is 2.80. The van der Waals surface area contributed by atoms with Gasteiger partial charge in [0.1, 0.15) is 11.9 Å². The number of para-hydroxylation sites is 1. The smallest absolute Gasteiger partial charge is 0.249 e. The fourth-order valence-electron chi connectivity index (χ4n) is 2.19. The summed E-state index contributed by atoms with van der Waals surface area (Å²) in [4.78, 5) is 16.0. The zero-order chi connectivity index (χ0) is 16.8. The second-order valence-corrected chi connectivity index (χ2v) is 5.43. The minimum Gasteiger partial charge on any atom is -0.438 e. The van der Waals surface area contributed by atoms with Gasteiger partial charge in [-0.2, -0.15) is 0 Å². The van der Waals surface area contributed by atoms with Crippen LogP contribution in [0.3, 0.4) is 0 Å². The van der Waals surface area contributed by atoms with E-state index in [1.165, 1.54) is 0 Å². The molecule has 23 heavy (non-hydrogen) atoms. The van der Waals surface area contributed by atoms with Gasteiger partial charge in [-0.05, 0) is 37.5 Å². The largest absolute Gasteiger partial charge is 0.438 e. The molecule has 0 saturated carbocycles. The maximum atomic E-state index is 11.7. The second-order valence-electron chi connectivity index (χ2n) is 5.43. The Morgan fingerprint density at radius 2 is 1.96 bits per heavy atom. The normalized spacial score (nSPS) is 11.8. The lowest BCUT2D eigenvalue weighted by molar-refractivity contribution is -0.129. The quantitative estimate of drug-likeness (QED) is 0.860. The molecule has 0 aliphatic rings. The van der Waals surface area contributed by atoms with Gasteiger partial charge in [0.15, 0.2) is 0 Å². The van der Waals surface area contributed by atoms with Crippen LogP contribution < -0.4 is 10.1 Å². The predicted molar refractivity (Wildman–Crippen MR) is 88.4 cm³/mol. The van der Waals surface area contributed by atoms with E-state index in [4.69, 9.17) is 4.74 Å². The Kier molecular flexibility index (Phi) is 5.71. The van der Waals surface area contributed by atoms with Crippen molar-refractivity contribution in [2.45, 2.75) is 39.8 Å². The number of rotatable bonds is 6. The monoisotopic (exact) mass is 314 g/mol. The molecule has 2 aromatic rings. The summed E-state index contributed by atoms with van der Waals surface area (Å²) < 4.78 is 5.97. The number of aliphatic hydroxyl groups excluding tert-OH is 1. The Morgan fingerprint density at radius 1 is 1.26 bits per heavy atom. The van der Waals surface area contributed by atoms with Gasteiger partial charge >= 0.3 is 0 Å². The van der Waals surface area contributed by atoms with Crippen LogP contribution >= 0.6 is 0 Å². The van der Waals surface area contributed by atoms with Crippen LogP contribution in [0.5, 0.6) is 11.6 Å². The molecule has 122 valence electrons. The molecule has 2 rings (SSSR count). The van der Waals surface area contributed by atoms with Crippen molar-refractivity contribution in [3.8, 4) is 11.6 Å². The van der Waals surface area contributed by atoms with Crippen molar-refractivity contribution in [3.05, 3.63) is 53.2 Å². The number of benzene rings is 1. The fourth-order valence-corrected chi connectivity index (χ4v) is 2.19. The highest BCUT2D eigenvalue weighted by Crippen LogP contribution is 2.29. The van der Waals surface area contributed by atoms with Crippen molar-refractivity contribution in [2.24, 2.45) is 0 Å². The van der Waals surface area contributed by atoms with E-state index in [0.29, 0.717) is 12.3 Å². The van der Waals surface area contributed by atoms with Crippen molar-refractivity contribution in [1.82, 2.24) is 10.3 Å². The lowest BCUT2D eigenvalue weighted by Gasteiger charge is -2.14. The average molecular weight is 314 g/mol. The van der Waals surface area contributed by atoms with Crippen molar-refractivity contribution in [2.75, 3.05) is 0 Å². The molecule has 1 amide bonds. The lowest BCUT2D eigenvalue weighted by Crippen LogP contribution is -2.33. The zero-order valence-corrected chi connectivity index (χ0v) is 13.7. The fraction of sp³-hybridized carbons (Fsp3) is 0.333. The lowest BCUT2D eigenvalue weighted by atomic mass is 10.1. The van der Waals surface area contributed by atoms with Gasteiger partial charge in [-0.1, -0.05) is 31.2 Å². The standard InChI is InChI=1S/C18H22N2O3/c1-4-15(21)17(22)20-11-14-9-6-10-19-18(14)23-16-12(2)7-5-8-13(16)3/h5-10,15,21H,4,11H2,1-3H3,(H,20,22)/t15-/m0/s1. The van der Waals surface area contributed by atoms with E-state index in [0.717, 1.165) is 22.4 Å². The van der Waals surface area contributed by atoms with Crippen LogP contribution in [0.2, 0.25) is 0 Å². The molecule has 0 fully saturated rings. The molecule has 1 aromatic carbocycles. The molecule has 0 bridgehead atoms. The predicted octanol–water partition coefficient (Wildman–Crippen LogP) is 2.88. The number of amides is 1. The Balaban J connectivity index is 2.16. The van der Waals surface area contributed by atoms with Crippen LogP contribution in [0.4, 0.5) is 0 Å². The minimum atomic E-state index is -0.991. The number of carbonyl (C=O) groups is 1. The third-order valence-electron chi connectivity index (χ3n) is 3.60. The van der Waals surface area contributed by atoms with Crippen LogP contribution in [0, 0.1) is 13.8 Å². The maximum Gasteiger partial charge on any atom is 0.249 e. The average Bonchev–Trinajstić information content (AvgIpc) is 2.56. The van der Waals surface area contributed by atoms with Crippen LogP contribution in [0.15, 0.2) is 36.5 Å². The molecule has 0 unspecified atom stereocenters. The first-order chi connectivity index (χ1) is 11.0. The van der Waals surface area contributed by atoms with E-state index in [2.05, 4.69) is 10.3 Å². The third-order valence-corrected chi connectivity index (χ3v) is 3.60. The Bertz CT molecular complexity index is 665. The Hall–Kier alpha value is -2.40. The number of hydrogen-bond acceptors (Lipinski definition) is 4. The highest BCUT2D eigenvalue weighted by atomic mass is 16.5.